The minimum absolute atomic E-state index is 0.691. The van der Waals surface area contributed by atoms with Crippen LogP contribution in [0, 0.1) is 0 Å². The molecule has 4 aromatic heterocycles. The van der Waals surface area contributed by atoms with Gasteiger partial charge in [-0.2, -0.15) is 0 Å². The first-order chi connectivity index (χ1) is 34.2. The lowest BCUT2D eigenvalue weighted by atomic mass is 10.0. The molecule has 5 nitrogen and oxygen atoms in total. The molecule has 0 radical (unpaired) electrons. The minimum atomic E-state index is 0.691. The molecule has 0 spiro atoms. The number of fused-ring (bicyclic) bond motifs is 12. The zero-order chi connectivity index (χ0) is 45.2. The Labute approximate surface area is 396 Å². The van der Waals surface area contributed by atoms with Crippen LogP contribution in [0.2, 0.25) is 0 Å². The number of nitrogens with zero attached hydrogens (tertiary/aromatic N) is 5. The highest BCUT2D eigenvalue weighted by molar-refractivity contribution is 6.16. The fraction of sp³-hybridized carbons (Fsp3) is 0. The Balaban J connectivity index is 0.900. The van der Waals surface area contributed by atoms with Crippen molar-refractivity contribution >= 4 is 97.9 Å². The Bertz CT molecular complexity index is 4590. The summed E-state index contributed by atoms with van der Waals surface area (Å²) in [6, 6.07) is 85.7. The van der Waals surface area contributed by atoms with Crippen LogP contribution in [0.25, 0.3) is 138 Å². The highest BCUT2D eigenvalue weighted by atomic mass is 15.0. The van der Waals surface area contributed by atoms with Crippen molar-refractivity contribution in [3.63, 3.8) is 0 Å². The summed E-state index contributed by atoms with van der Waals surface area (Å²) >= 11 is 0. The number of para-hydroxylation sites is 4. The summed E-state index contributed by atoms with van der Waals surface area (Å²) in [4.78, 5) is 10.6. The van der Waals surface area contributed by atoms with Crippen LogP contribution in [0.4, 0.5) is 0 Å². The number of hydrogen-bond donors (Lipinski definition) is 0. The SMILES string of the molecule is c1ccc(-n2c3ccccc3c3cc(-c4nc(-c5ccc(-n6c7cc(-n8c9ccccc9c9cc%10ccccc%10cc98)ccc7c7cc8ccccc8cc76)cc5)nc5ccccc45)ccc32)cc1. The second-order valence-electron chi connectivity index (χ2n) is 18.2. The summed E-state index contributed by atoms with van der Waals surface area (Å²) in [7, 11) is 0. The molecule has 0 saturated carbocycles. The van der Waals surface area contributed by atoms with Crippen LogP contribution < -0.4 is 0 Å². The minimum Gasteiger partial charge on any atom is -0.309 e. The standard InChI is InChI=1S/C64H39N5/c1-2-18-46(19-3-1)67-57-24-12-9-20-49(57)53-36-45(28-33-59(53)67)63-52-22-8-11-23-56(52)65-64(66-63)40-26-29-47(30-27-40)68-60-37-43-16-6-5-15-42(43)35-55(60)51-32-31-48(39-62(51)68)69-58-25-13-10-21-50(58)54-34-41-14-4-7-17-44(41)38-61(54)69/h1-39H. The lowest BCUT2D eigenvalue weighted by Gasteiger charge is -2.13. The summed E-state index contributed by atoms with van der Waals surface area (Å²) in [5.41, 5.74) is 14.2. The number of rotatable bonds is 5. The molecule has 0 saturated heterocycles. The molecule has 5 heteroatoms. The summed E-state index contributed by atoms with van der Waals surface area (Å²) in [5, 5.41) is 13.3. The van der Waals surface area contributed by atoms with E-state index in [4.69, 9.17) is 9.97 Å². The molecular formula is C64H39N5. The molecule has 0 atom stereocenters. The van der Waals surface area contributed by atoms with Crippen LogP contribution in [0.5, 0.6) is 0 Å². The molecule has 15 rings (SSSR count). The van der Waals surface area contributed by atoms with Gasteiger partial charge in [-0.05, 0) is 125 Å². The van der Waals surface area contributed by atoms with Crippen molar-refractivity contribution in [2.45, 2.75) is 0 Å². The van der Waals surface area contributed by atoms with Gasteiger partial charge in [-0.15, -0.1) is 0 Å². The van der Waals surface area contributed by atoms with E-state index in [1.807, 2.05) is 0 Å². The Kier molecular flexibility index (Phi) is 8.00. The second-order valence-corrected chi connectivity index (χ2v) is 18.2. The largest absolute Gasteiger partial charge is 0.309 e. The molecule has 0 fully saturated rings. The average molecular weight is 878 g/mol. The molecule has 0 unspecified atom stereocenters. The van der Waals surface area contributed by atoms with Crippen LogP contribution in [0.15, 0.2) is 237 Å². The van der Waals surface area contributed by atoms with Gasteiger partial charge in [0.2, 0.25) is 0 Å². The van der Waals surface area contributed by atoms with Crippen molar-refractivity contribution in [1.82, 2.24) is 23.7 Å². The molecule has 69 heavy (non-hydrogen) atoms. The maximum atomic E-state index is 5.40. The van der Waals surface area contributed by atoms with Crippen molar-refractivity contribution < 1.29 is 0 Å². The van der Waals surface area contributed by atoms with E-state index in [1.54, 1.807) is 0 Å². The van der Waals surface area contributed by atoms with Crippen LogP contribution in [-0.4, -0.2) is 23.7 Å². The van der Waals surface area contributed by atoms with Crippen molar-refractivity contribution in [3.05, 3.63) is 237 Å². The highest BCUT2D eigenvalue weighted by Gasteiger charge is 2.20. The van der Waals surface area contributed by atoms with Gasteiger partial charge >= 0.3 is 0 Å². The quantitative estimate of drug-likeness (QED) is 0.173. The van der Waals surface area contributed by atoms with Crippen molar-refractivity contribution in [2.24, 2.45) is 0 Å². The molecule has 0 aliphatic rings. The fourth-order valence-corrected chi connectivity index (χ4v) is 11.2. The summed E-state index contributed by atoms with van der Waals surface area (Å²) < 4.78 is 7.22. The van der Waals surface area contributed by atoms with E-state index in [9.17, 15) is 0 Å². The Morgan fingerprint density at radius 2 is 0.696 bits per heavy atom. The molecular weight excluding hydrogens is 839 g/mol. The maximum absolute atomic E-state index is 5.40. The molecule has 0 amide bonds. The van der Waals surface area contributed by atoms with Crippen LogP contribution >= 0.6 is 0 Å². The van der Waals surface area contributed by atoms with Gasteiger partial charge in [0.05, 0.1) is 44.3 Å². The molecule has 320 valence electrons. The number of aromatic nitrogens is 5. The topological polar surface area (TPSA) is 40.6 Å². The van der Waals surface area contributed by atoms with E-state index in [2.05, 4.69) is 250 Å². The van der Waals surface area contributed by atoms with Crippen molar-refractivity contribution in [3.8, 4) is 39.7 Å². The van der Waals surface area contributed by atoms with Crippen LogP contribution in [0.3, 0.4) is 0 Å². The summed E-state index contributed by atoms with van der Waals surface area (Å²) in [6.45, 7) is 0. The van der Waals surface area contributed by atoms with Crippen molar-refractivity contribution in [2.75, 3.05) is 0 Å². The normalized spacial score (nSPS) is 12.1. The van der Waals surface area contributed by atoms with Gasteiger partial charge in [0.1, 0.15) is 0 Å². The second kappa shape index (κ2) is 14.6. The Morgan fingerprint density at radius 3 is 1.36 bits per heavy atom. The first kappa shape index (κ1) is 37.9. The summed E-state index contributed by atoms with van der Waals surface area (Å²) in [5.74, 6) is 0.691. The Morgan fingerprint density at radius 1 is 0.246 bits per heavy atom. The molecule has 15 aromatic rings. The highest BCUT2D eigenvalue weighted by Crippen LogP contribution is 2.41. The lowest BCUT2D eigenvalue weighted by Crippen LogP contribution is -1.98. The average Bonchev–Trinajstić information content (AvgIpc) is 4.03. The van der Waals surface area contributed by atoms with Crippen LogP contribution in [-0.2, 0) is 0 Å². The molecule has 11 aromatic carbocycles. The zero-order valence-corrected chi connectivity index (χ0v) is 37.3. The van der Waals surface area contributed by atoms with E-state index in [1.165, 1.54) is 70.4 Å². The van der Waals surface area contributed by atoms with Gasteiger partial charge in [0.15, 0.2) is 5.82 Å². The van der Waals surface area contributed by atoms with Crippen molar-refractivity contribution in [1.29, 1.82) is 0 Å². The third-order valence-corrected chi connectivity index (χ3v) is 14.4. The van der Waals surface area contributed by atoms with Gasteiger partial charge in [-0.1, -0.05) is 133 Å². The molecule has 4 heterocycles. The van der Waals surface area contributed by atoms with Crippen LogP contribution in [0.1, 0.15) is 0 Å². The van der Waals surface area contributed by atoms with Gasteiger partial charge in [-0.3, -0.25) is 0 Å². The lowest BCUT2D eigenvalue weighted by molar-refractivity contribution is 1.15. The van der Waals surface area contributed by atoms with E-state index >= 15 is 0 Å². The maximum Gasteiger partial charge on any atom is 0.160 e. The number of hydrogen-bond acceptors (Lipinski definition) is 2. The van der Waals surface area contributed by atoms with E-state index in [0.717, 1.165) is 61.3 Å². The smallest absolute Gasteiger partial charge is 0.160 e. The Hall–Kier alpha value is -9.32. The molecule has 0 N–H and O–H groups in total. The van der Waals surface area contributed by atoms with Gasteiger partial charge in [0.25, 0.3) is 0 Å². The molecule has 0 bridgehead atoms. The number of benzene rings is 11. The van der Waals surface area contributed by atoms with E-state index in [0.29, 0.717) is 5.82 Å². The van der Waals surface area contributed by atoms with E-state index < -0.39 is 0 Å². The predicted molar refractivity (Wildman–Crippen MR) is 288 cm³/mol. The van der Waals surface area contributed by atoms with Gasteiger partial charge in [-0.25, -0.2) is 9.97 Å². The molecule has 0 aliphatic carbocycles. The fourth-order valence-electron chi connectivity index (χ4n) is 11.2. The molecule has 0 aliphatic heterocycles. The van der Waals surface area contributed by atoms with Gasteiger partial charge in [0, 0.05) is 65.9 Å². The van der Waals surface area contributed by atoms with E-state index in [-0.39, 0.29) is 0 Å². The monoisotopic (exact) mass is 877 g/mol. The first-order valence-corrected chi connectivity index (χ1v) is 23.6. The third-order valence-electron chi connectivity index (χ3n) is 14.4. The third kappa shape index (κ3) is 5.71. The summed E-state index contributed by atoms with van der Waals surface area (Å²) in [6.07, 6.45) is 0. The van der Waals surface area contributed by atoms with Gasteiger partial charge < -0.3 is 13.7 Å². The predicted octanol–water partition coefficient (Wildman–Crippen LogP) is 16.6. The zero-order valence-electron chi connectivity index (χ0n) is 37.3. The first-order valence-electron chi connectivity index (χ1n) is 23.6.